The molecule has 4 nitrogen and oxygen atoms in total. The van der Waals surface area contributed by atoms with Crippen LogP contribution in [-0.2, 0) is 6.54 Å². The zero-order valence-electron chi connectivity index (χ0n) is 10.4. The van der Waals surface area contributed by atoms with Crippen molar-refractivity contribution in [1.29, 1.82) is 0 Å². The highest BCUT2D eigenvalue weighted by Crippen LogP contribution is 2.21. The van der Waals surface area contributed by atoms with Gasteiger partial charge in [0.05, 0.1) is 24.2 Å². The molecule has 0 spiro atoms. The molecule has 0 radical (unpaired) electrons. The Bertz CT molecular complexity index is 537. The van der Waals surface area contributed by atoms with Gasteiger partial charge in [0, 0.05) is 11.6 Å². The van der Waals surface area contributed by atoms with Crippen LogP contribution in [0.4, 0.5) is 0 Å². The van der Waals surface area contributed by atoms with E-state index in [1.807, 2.05) is 38.2 Å². The molecule has 0 aliphatic carbocycles. The molecule has 1 aromatic heterocycles. The van der Waals surface area contributed by atoms with Crippen LogP contribution in [0.15, 0.2) is 30.6 Å². The van der Waals surface area contributed by atoms with Crippen molar-refractivity contribution >= 4 is 11.6 Å². The van der Waals surface area contributed by atoms with Crippen molar-refractivity contribution in [2.75, 3.05) is 0 Å². The SMILES string of the molecule is CC(C)Oc1cnn(-c2ccc(CN)c(Cl)c2)c1. The summed E-state index contributed by atoms with van der Waals surface area (Å²) < 4.78 is 7.28. The number of aromatic nitrogens is 2. The Morgan fingerprint density at radius 2 is 2.22 bits per heavy atom. The van der Waals surface area contributed by atoms with Gasteiger partial charge in [0.15, 0.2) is 5.75 Å². The lowest BCUT2D eigenvalue weighted by atomic mass is 10.2. The zero-order valence-corrected chi connectivity index (χ0v) is 11.2. The standard InChI is InChI=1S/C13H16ClN3O/c1-9(2)18-12-7-16-17(8-12)11-4-3-10(6-15)13(14)5-11/h3-5,7-9H,6,15H2,1-2H3. The average molecular weight is 266 g/mol. The summed E-state index contributed by atoms with van der Waals surface area (Å²) in [5.41, 5.74) is 7.38. The monoisotopic (exact) mass is 265 g/mol. The second kappa shape index (κ2) is 5.42. The van der Waals surface area contributed by atoms with E-state index >= 15 is 0 Å². The molecule has 0 aliphatic rings. The number of nitrogens with two attached hydrogens (primary N) is 1. The Morgan fingerprint density at radius 3 is 2.83 bits per heavy atom. The van der Waals surface area contributed by atoms with Gasteiger partial charge in [-0.2, -0.15) is 5.10 Å². The molecule has 0 saturated carbocycles. The predicted molar refractivity (Wildman–Crippen MR) is 72.2 cm³/mol. The maximum Gasteiger partial charge on any atom is 0.158 e. The van der Waals surface area contributed by atoms with E-state index in [1.165, 1.54) is 0 Å². The van der Waals surface area contributed by atoms with Gasteiger partial charge in [-0.05, 0) is 31.5 Å². The molecule has 96 valence electrons. The van der Waals surface area contributed by atoms with Gasteiger partial charge in [-0.25, -0.2) is 4.68 Å². The molecule has 0 atom stereocenters. The summed E-state index contributed by atoms with van der Waals surface area (Å²) in [6, 6.07) is 5.68. The Kier molecular flexibility index (Phi) is 3.89. The lowest BCUT2D eigenvalue weighted by Crippen LogP contribution is -2.04. The highest BCUT2D eigenvalue weighted by molar-refractivity contribution is 6.31. The van der Waals surface area contributed by atoms with Gasteiger partial charge in [0.2, 0.25) is 0 Å². The highest BCUT2D eigenvalue weighted by atomic mass is 35.5. The molecule has 2 rings (SSSR count). The van der Waals surface area contributed by atoms with E-state index in [9.17, 15) is 0 Å². The van der Waals surface area contributed by atoms with Crippen molar-refractivity contribution in [2.45, 2.75) is 26.5 Å². The second-order valence-electron chi connectivity index (χ2n) is 4.27. The lowest BCUT2D eigenvalue weighted by molar-refractivity contribution is 0.242. The van der Waals surface area contributed by atoms with Crippen LogP contribution in [0, 0.1) is 0 Å². The molecule has 0 saturated heterocycles. The van der Waals surface area contributed by atoms with E-state index in [-0.39, 0.29) is 6.10 Å². The van der Waals surface area contributed by atoms with Gasteiger partial charge in [0.1, 0.15) is 0 Å². The first-order valence-electron chi connectivity index (χ1n) is 5.80. The molecule has 0 amide bonds. The fourth-order valence-electron chi connectivity index (χ4n) is 1.62. The molecule has 5 heteroatoms. The molecule has 0 unspecified atom stereocenters. The Hall–Kier alpha value is -1.52. The minimum Gasteiger partial charge on any atom is -0.488 e. The Labute approximate surface area is 111 Å². The molecule has 18 heavy (non-hydrogen) atoms. The van der Waals surface area contributed by atoms with Gasteiger partial charge in [-0.15, -0.1) is 0 Å². The number of ether oxygens (including phenoxy) is 1. The number of benzene rings is 1. The molecular formula is C13H16ClN3O. The molecular weight excluding hydrogens is 250 g/mol. The quantitative estimate of drug-likeness (QED) is 0.925. The molecule has 2 aromatic rings. The summed E-state index contributed by atoms with van der Waals surface area (Å²) in [7, 11) is 0. The molecule has 0 fully saturated rings. The van der Waals surface area contributed by atoms with Crippen LogP contribution in [0.5, 0.6) is 5.75 Å². The molecule has 0 aliphatic heterocycles. The van der Waals surface area contributed by atoms with E-state index in [0.29, 0.717) is 11.6 Å². The van der Waals surface area contributed by atoms with Crippen molar-refractivity contribution in [1.82, 2.24) is 9.78 Å². The minimum atomic E-state index is 0.130. The van der Waals surface area contributed by atoms with Crippen molar-refractivity contribution in [3.8, 4) is 11.4 Å². The third-order valence-corrected chi connectivity index (χ3v) is 2.80. The van der Waals surface area contributed by atoms with Crippen LogP contribution >= 0.6 is 11.6 Å². The number of hydrogen-bond acceptors (Lipinski definition) is 3. The van der Waals surface area contributed by atoms with E-state index in [1.54, 1.807) is 10.9 Å². The summed E-state index contributed by atoms with van der Waals surface area (Å²) >= 11 is 6.12. The smallest absolute Gasteiger partial charge is 0.158 e. The van der Waals surface area contributed by atoms with E-state index in [0.717, 1.165) is 17.0 Å². The van der Waals surface area contributed by atoms with Crippen LogP contribution in [0.3, 0.4) is 0 Å². The van der Waals surface area contributed by atoms with Gasteiger partial charge in [-0.1, -0.05) is 17.7 Å². The fourth-order valence-corrected chi connectivity index (χ4v) is 1.88. The summed E-state index contributed by atoms with van der Waals surface area (Å²) in [6.45, 7) is 4.38. The van der Waals surface area contributed by atoms with Crippen molar-refractivity contribution in [2.24, 2.45) is 5.73 Å². The summed E-state index contributed by atoms with van der Waals surface area (Å²) in [4.78, 5) is 0. The maximum absolute atomic E-state index is 6.12. The topological polar surface area (TPSA) is 53.1 Å². The van der Waals surface area contributed by atoms with Gasteiger partial charge < -0.3 is 10.5 Å². The second-order valence-corrected chi connectivity index (χ2v) is 4.67. The van der Waals surface area contributed by atoms with Crippen molar-refractivity contribution in [3.05, 3.63) is 41.2 Å². The number of hydrogen-bond donors (Lipinski definition) is 1. The van der Waals surface area contributed by atoms with Crippen LogP contribution in [0.2, 0.25) is 5.02 Å². The van der Waals surface area contributed by atoms with Gasteiger partial charge in [-0.3, -0.25) is 0 Å². The van der Waals surface area contributed by atoms with Crippen LogP contribution in [0.25, 0.3) is 5.69 Å². The van der Waals surface area contributed by atoms with E-state index in [4.69, 9.17) is 22.1 Å². The van der Waals surface area contributed by atoms with Crippen LogP contribution in [-0.4, -0.2) is 15.9 Å². The zero-order chi connectivity index (χ0) is 13.1. The third-order valence-electron chi connectivity index (χ3n) is 2.45. The number of rotatable bonds is 4. The van der Waals surface area contributed by atoms with E-state index < -0.39 is 0 Å². The van der Waals surface area contributed by atoms with Crippen LogP contribution < -0.4 is 10.5 Å². The molecule has 1 heterocycles. The largest absolute Gasteiger partial charge is 0.488 e. The van der Waals surface area contributed by atoms with E-state index in [2.05, 4.69) is 5.10 Å². The Morgan fingerprint density at radius 1 is 1.44 bits per heavy atom. The number of nitrogens with zero attached hydrogens (tertiary/aromatic N) is 2. The summed E-state index contributed by atoms with van der Waals surface area (Å²) in [5, 5.41) is 4.89. The van der Waals surface area contributed by atoms with Crippen molar-refractivity contribution in [3.63, 3.8) is 0 Å². The number of halogens is 1. The molecule has 0 bridgehead atoms. The van der Waals surface area contributed by atoms with Gasteiger partial charge in [0.25, 0.3) is 0 Å². The van der Waals surface area contributed by atoms with Crippen molar-refractivity contribution < 1.29 is 4.74 Å². The molecule has 1 aromatic carbocycles. The third kappa shape index (κ3) is 2.83. The maximum atomic E-state index is 6.12. The Balaban J connectivity index is 2.26. The summed E-state index contributed by atoms with van der Waals surface area (Å²) in [5.74, 6) is 0.740. The molecule has 2 N–H and O–H groups in total. The first kappa shape index (κ1) is 12.9. The average Bonchev–Trinajstić information content (AvgIpc) is 2.76. The first-order chi connectivity index (χ1) is 8.60. The predicted octanol–water partition coefficient (Wildman–Crippen LogP) is 2.77. The lowest BCUT2D eigenvalue weighted by Gasteiger charge is -2.06. The highest BCUT2D eigenvalue weighted by Gasteiger charge is 2.05. The summed E-state index contributed by atoms with van der Waals surface area (Å²) in [6.07, 6.45) is 3.64. The minimum absolute atomic E-state index is 0.130. The van der Waals surface area contributed by atoms with Crippen LogP contribution in [0.1, 0.15) is 19.4 Å². The van der Waals surface area contributed by atoms with Gasteiger partial charge >= 0.3 is 0 Å². The normalized spacial score (nSPS) is 10.9. The first-order valence-corrected chi connectivity index (χ1v) is 6.18. The fraction of sp³-hybridized carbons (Fsp3) is 0.308.